The van der Waals surface area contributed by atoms with Crippen LogP contribution in [0.15, 0.2) is 23.2 Å². The number of pyridine rings is 1. The third-order valence-electron chi connectivity index (χ3n) is 1.94. The molecule has 0 saturated heterocycles. The number of hydrogen-bond acceptors (Lipinski definition) is 5. The normalized spacial score (nSPS) is 13.4. The topological polar surface area (TPSA) is 68.3 Å². The van der Waals surface area contributed by atoms with Gasteiger partial charge in [0.1, 0.15) is 11.0 Å². The van der Waals surface area contributed by atoms with E-state index in [-0.39, 0.29) is 16.9 Å². The summed E-state index contributed by atoms with van der Waals surface area (Å²) in [6.07, 6.45) is 2.51. The van der Waals surface area contributed by atoms with Gasteiger partial charge in [-0.1, -0.05) is 0 Å². The molecule has 0 aromatic carbocycles. The maximum Gasteiger partial charge on any atom is 0.232 e. The van der Waals surface area contributed by atoms with Crippen LogP contribution in [-0.4, -0.2) is 39.4 Å². The summed E-state index contributed by atoms with van der Waals surface area (Å²) in [5.74, 6) is 0.160. The van der Waals surface area contributed by atoms with Gasteiger partial charge in [0.25, 0.3) is 0 Å². The lowest BCUT2D eigenvalue weighted by Gasteiger charge is -2.14. The van der Waals surface area contributed by atoms with Gasteiger partial charge in [-0.3, -0.25) is 0 Å². The van der Waals surface area contributed by atoms with Crippen molar-refractivity contribution in [3.8, 4) is 5.88 Å². The van der Waals surface area contributed by atoms with Gasteiger partial charge < -0.3 is 10.1 Å². The zero-order chi connectivity index (χ0) is 12.2. The van der Waals surface area contributed by atoms with Crippen LogP contribution >= 0.6 is 0 Å². The summed E-state index contributed by atoms with van der Waals surface area (Å²) >= 11 is 0. The zero-order valence-electron chi connectivity index (χ0n) is 9.60. The molecule has 1 aromatic rings. The van der Waals surface area contributed by atoms with Gasteiger partial charge >= 0.3 is 0 Å². The van der Waals surface area contributed by atoms with Crippen molar-refractivity contribution in [3.05, 3.63) is 18.3 Å². The summed E-state index contributed by atoms with van der Waals surface area (Å²) in [7, 11) is -1.50. The second-order valence-electron chi connectivity index (χ2n) is 3.57. The molecule has 0 saturated carbocycles. The Bertz CT molecular complexity index is 445. The van der Waals surface area contributed by atoms with Gasteiger partial charge in [-0.2, -0.15) is 0 Å². The fourth-order valence-electron chi connectivity index (χ4n) is 1.27. The van der Waals surface area contributed by atoms with E-state index in [0.29, 0.717) is 6.54 Å². The Morgan fingerprint density at radius 1 is 1.56 bits per heavy atom. The molecule has 5 nitrogen and oxygen atoms in total. The van der Waals surface area contributed by atoms with Crippen LogP contribution in [0.2, 0.25) is 0 Å². The van der Waals surface area contributed by atoms with Gasteiger partial charge in [0.05, 0.1) is 0 Å². The van der Waals surface area contributed by atoms with Gasteiger partial charge in [0.15, 0.2) is 9.84 Å². The fourth-order valence-corrected chi connectivity index (χ4v) is 2.01. The summed E-state index contributed by atoms with van der Waals surface area (Å²) in [6, 6.07) is 3.07. The molecule has 0 radical (unpaired) electrons. The van der Waals surface area contributed by atoms with E-state index in [4.69, 9.17) is 4.74 Å². The standard InChI is InChI=1S/C10H16N2O3S/c1-8(7-11-2)15-10-9(16(3,13)14)5-4-6-12-10/h4-6,8,11H,7H2,1-3H3. The van der Waals surface area contributed by atoms with E-state index in [2.05, 4.69) is 10.3 Å². The number of nitrogens with zero attached hydrogens (tertiary/aromatic N) is 1. The molecule has 1 unspecified atom stereocenters. The quantitative estimate of drug-likeness (QED) is 0.815. The number of rotatable bonds is 5. The van der Waals surface area contributed by atoms with Crippen molar-refractivity contribution in [2.24, 2.45) is 0 Å². The van der Waals surface area contributed by atoms with Gasteiger partial charge in [-0.05, 0) is 26.1 Å². The molecular weight excluding hydrogens is 228 g/mol. The first-order chi connectivity index (χ1) is 7.45. The molecule has 0 spiro atoms. The molecule has 0 aliphatic heterocycles. The van der Waals surface area contributed by atoms with E-state index in [9.17, 15) is 8.42 Å². The second-order valence-corrected chi connectivity index (χ2v) is 5.55. The minimum absolute atomic E-state index is 0.123. The minimum Gasteiger partial charge on any atom is -0.472 e. The van der Waals surface area contributed by atoms with Crippen molar-refractivity contribution >= 4 is 9.84 Å². The maximum atomic E-state index is 11.5. The Labute approximate surface area is 95.8 Å². The third-order valence-corrected chi connectivity index (χ3v) is 3.05. The summed E-state index contributed by atoms with van der Waals surface area (Å²) in [6.45, 7) is 2.47. The molecule has 0 amide bonds. The molecule has 1 rings (SSSR count). The van der Waals surface area contributed by atoms with Crippen LogP contribution in [-0.2, 0) is 9.84 Å². The summed E-state index contributed by atoms with van der Waals surface area (Å²) < 4.78 is 28.4. The molecule has 1 atom stereocenters. The molecule has 1 aromatic heterocycles. The molecule has 16 heavy (non-hydrogen) atoms. The fraction of sp³-hybridized carbons (Fsp3) is 0.500. The molecule has 1 N–H and O–H groups in total. The Morgan fingerprint density at radius 3 is 2.81 bits per heavy atom. The van der Waals surface area contributed by atoms with Crippen molar-refractivity contribution in [2.45, 2.75) is 17.9 Å². The van der Waals surface area contributed by atoms with Crippen LogP contribution < -0.4 is 10.1 Å². The molecule has 1 heterocycles. The lowest BCUT2D eigenvalue weighted by molar-refractivity contribution is 0.206. The lowest BCUT2D eigenvalue weighted by atomic mass is 10.4. The summed E-state index contributed by atoms with van der Waals surface area (Å²) in [4.78, 5) is 4.06. The molecule has 6 heteroatoms. The van der Waals surface area contributed by atoms with Crippen LogP contribution in [0.1, 0.15) is 6.92 Å². The van der Waals surface area contributed by atoms with Crippen molar-refractivity contribution in [1.29, 1.82) is 0 Å². The lowest BCUT2D eigenvalue weighted by Crippen LogP contribution is -2.26. The Hall–Kier alpha value is -1.14. The van der Waals surface area contributed by atoms with Gasteiger partial charge in [-0.15, -0.1) is 0 Å². The predicted octanol–water partition coefficient (Wildman–Crippen LogP) is 0.472. The van der Waals surface area contributed by atoms with Crippen LogP contribution in [0.25, 0.3) is 0 Å². The average Bonchev–Trinajstić information content (AvgIpc) is 2.17. The SMILES string of the molecule is CNCC(C)Oc1ncccc1S(C)(=O)=O. The highest BCUT2D eigenvalue weighted by Crippen LogP contribution is 2.20. The number of nitrogens with one attached hydrogen (secondary N) is 1. The van der Waals surface area contributed by atoms with E-state index in [1.54, 1.807) is 13.1 Å². The number of sulfone groups is 1. The first-order valence-corrected chi connectivity index (χ1v) is 6.80. The Kier molecular flexibility index (Phi) is 4.26. The second kappa shape index (κ2) is 5.27. The number of ether oxygens (including phenoxy) is 1. The third kappa shape index (κ3) is 3.46. The monoisotopic (exact) mass is 244 g/mol. The van der Waals surface area contributed by atoms with E-state index < -0.39 is 9.84 Å². The largest absolute Gasteiger partial charge is 0.472 e. The number of likely N-dealkylation sites (N-methyl/N-ethyl adjacent to an activating group) is 1. The number of aromatic nitrogens is 1. The van der Waals surface area contributed by atoms with Gasteiger partial charge in [0.2, 0.25) is 5.88 Å². The Balaban J connectivity index is 2.96. The molecule has 90 valence electrons. The van der Waals surface area contributed by atoms with E-state index in [0.717, 1.165) is 6.26 Å². The van der Waals surface area contributed by atoms with Crippen LogP contribution in [0.4, 0.5) is 0 Å². The van der Waals surface area contributed by atoms with E-state index in [1.807, 2.05) is 6.92 Å². The minimum atomic E-state index is -3.30. The van der Waals surface area contributed by atoms with Crippen LogP contribution in [0, 0.1) is 0 Å². The first kappa shape index (κ1) is 12.9. The van der Waals surface area contributed by atoms with Crippen molar-refractivity contribution in [3.63, 3.8) is 0 Å². The molecule has 0 aliphatic rings. The van der Waals surface area contributed by atoms with E-state index in [1.165, 1.54) is 12.3 Å². The highest BCUT2D eigenvalue weighted by Gasteiger charge is 2.16. The van der Waals surface area contributed by atoms with Crippen molar-refractivity contribution < 1.29 is 13.2 Å². The maximum absolute atomic E-state index is 11.5. The molecular formula is C10H16N2O3S. The van der Waals surface area contributed by atoms with Gasteiger partial charge in [-0.25, -0.2) is 13.4 Å². The highest BCUT2D eigenvalue weighted by atomic mass is 32.2. The van der Waals surface area contributed by atoms with E-state index >= 15 is 0 Å². The highest BCUT2D eigenvalue weighted by molar-refractivity contribution is 7.90. The van der Waals surface area contributed by atoms with Crippen LogP contribution in [0.5, 0.6) is 5.88 Å². The smallest absolute Gasteiger partial charge is 0.232 e. The average molecular weight is 244 g/mol. The number of hydrogen-bond donors (Lipinski definition) is 1. The summed E-state index contributed by atoms with van der Waals surface area (Å²) in [5.41, 5.74) is 0. The van der Waals surface area contributed by atoms with Gasteiger partial charge in [0, 0.05) is 19.0 Å². The molecule has 0 aliphatic carbocycles. The Morgan fingerprint density at radius 2 is 2.25 bits per heavy atom. The predicted molar refractivity (Wildman–Crippen MR) is 61.4 cm³/mol. The first-order valence-electron chi connectivity index (χ1n) is 4.91. The summed E-state index contributed by atoms with van der Waals surface area (Å²) in [5, 5.41) is 2.94. The molecule has 0 bridgehead atoms. The van der Waals surface area contributed by atoms with Crippen molar-refractivity contribution in [2.75, 3.05) is 19.8 Å². The zero-order valence-corrected chi connectivity index (χ0v) is 10.4. The van der Waals surface area contributed by atoms with Crippen molar-refractivity contribution in [1.82, 2.24) is 10.3 Å². The molecule has 0 fully saturated rings. The van der Waals surface area contributed by atoms with Crippen LogP contribution in [0.3, 0.4) is 0 Å².